The number of benzene rings is 2. The van der Waals surface area contributed by atoms with Crippen LogP contribution in [0.5, 0.6) is 0 Å². The maximum atomic E-state index is 13.0. The van der Waals surface area contributed by atoms with Gasteiger partial charge in [-0.1, -0.05) is 0 Å². The van der Waals surface area contributed by atoms with Gasteiger partial charge in [-0.05, 0) is 60.7 Å². The smallest absolute Gasteiger partial charge is 0.259 e. The molecule has 2 N–H and O–H groups in total. The van der Waals surface area contributed by atoms with Gasteiger partial charge in [-0.25, -0.2) is 13.8 Å². The highest BCUT2D eigenvalue weighted by Crippen LogP contribution is 2.20. The molecule has 24 heavy (non-hydrogen) atoms. The zero-order valence-corrected chi connectivity index (χ0v) is 12.5. The summed E-state index contributed by atoms with van der Waals surface area (Å²) < 4.78 is 25.9. The summed E-state index contributed by atoms with van der Waals surface area (Å²) in [5.41, 5.74) is 1.38. The number of nitrogens with one attached hydrogen (secondary N) is 2. The lowest BCUT2D eigenvalue weighted by molar-refractivity contribution is 0.102. The van der Waals surface area contributed by atoms with Crippen molar-refractivity contribution in [2.24, 2.45) is 0 Å². The van der Waals surface area contributed by atoms with E-state index in [4.69, 9.17) is 0 Å². The first-order valence-electron chi connectivity index (χ1n) is 7.16. The fourth-order valence-electron chi connectivity index (χ4n) is 2.09. The summed E-state index contributed by atoms with van der Waals surface area (Å²) >= 11 is 0. The van der Waals surface area contributed by atoms with Gasteiger partial charge in [0, 0.05) is 17.6 Å². The standard InChI is InChI=1S/C18H13F2N3O/c19-12-3-7-14(8-4-12)22-17-16(2-1-11-21-17)18(24)23-15-9-5-13(20)6-10-15/h1-11H,(H,21,22)(H,23,24). The van der Waals surface area contributed by atoms with Crippen molar-refractivity contribution in [1.29, 1.82) is 0 Å². The van der Waals surface area contributed by atoms with Crippen molar-refractivity contribution in [3.05, 3.63) is 84.1 Å². The zero-order valence-electron chi connectivity index (χ0n) is 12.5. The number of nitrogens with zero attached hydrogens (tertiary/aromatic N) is 1. The molecule has 0 fully saturated rings. The number of carbonyl (C=O) groups is 1. The number of halogens is 2. The molecule has 0 aliphatic carbocycles. The summed E-state index contributed by atoms with van der Waals surface area (Å²) in [7, 11) is 0. The predicted octanol–water partition coefficient (Wildman–Crippen LogP) is 4.36. The number of aromatic nitrogens is 1. The molecule has 0 saturated heterocycles. The summed E-state index contributed by atoms with van der Waals surface area (Å²) in [6, 6.07) is 14.4. The molecule has 0 aliphatic rings. The van der Waals surface area contributed by atoms with Crippen LogP contribution in [0.15, 0.2) is 66.9 Å². The third-order valence-corrected chi connectivity index (χ3v) is 3.26. The lowest BCUT2D eigenvalue weighted by atomic mass is 10.2. The molecule has 0 aliphatic heterocycles. The van der Waals surface area contributed by atoms with Gasteiger partial charge in [0.2, 0.25) is 0 Å². The molecular formula is C18H13F2N3O. The van der Waals surface area contributed by atoms with Gasteiger partial charge in [0.1, 0.15) is 17.5 Å². The molecule has 120 valence electrons. The van der Waals surface area contributed by atoms with Crippen LogP contribution in [-0.4, -0.2) is 10.9 Å². The van der Waals surface area contributed by atoms with Crippen LogP contribution in [-0.2, 0) is 0 Å². The molecular weight excluding hydrogens is 312 g/mol. The van der Waals surface area contributed by atoms with Crippen LogP contribution < -0.4 is 10.6 Å². The van der Waals surface area contributed by atoms with Crippen molar-refractivity contribution in [1.82, 2.24) is 4.98 Å². The van der Waals surface area contributed by atoms with Crippen molar-refractivity contribution >= 4 is 23.1 Å². The highest BCUT2D eigenvalue weighted by atomic mass is 19.1. The third-order valence-electron chi connectivity index (χ3n) is 3.26. The van der Waals surface area contributed by atoms with Crippen LogP contribution in [0.1, 0.15) is 10.4 Å². The van der Waals surface area contributed by atoms with Crippen molar-refractivity contribution < 1.29 is 13.6 Å². The second-order valence-electron chi connectivity index (χ2n) is 4.99. The molecule has 0 atom stereocenters. The highest BCUT2D eigenvalue weighted by molar-refractivity contribution is 6.07. The Morgan fingerprint density at radius 3 is 2.04 bits per heavy atom. The SMILES string of the molecule is O=C(Nc1ccc(F)cc1)c1cccnc1Nc1ccc(F)cc1. The van der Waals surface area contributed by atoms with Gasteiger partial charge in [0.25, 0.3) is 5.91 Å². The number of amides is 1. The second-order valence-corrected chi connectivity index (χ2v) is 4.99. The van der Waals surface area contributed by atoms with E-state index in [9.17, 15) is 13.6 Å². The first kappa shape index (κ1) is 15.6. The number of rotatable bonds is 4. The Bertz CT molecular complexity index is 849. The maximum Gasteiger partial charge on any atom is 0.259 e. The van der Waals surface area contributed by atoms with E-state index in [0.717, 1.165) is 0 Å². The summed E-state index contributed by atoms with van der Waals surface area (Å²) in [6.07, 6.45) is 1.54. The lowest BCUT2D eigenvalue weighted by Crippen LogP contribution is -2.14. The zero-order chi connectivity index (χ0) is 16.9. The van der Waals surface area contributed by atoms with Crippen LogP contribution in [0.2, 0.25) is 0 Å². The van der Waals surface area contributed by atoms with Crippen molar-refractivity contribution in [2.75, 3.05) is 10.6 Å². The third kappa shape index (κ3) is 3.73. The molecule has 1 amide bonds. The fraction of sp³-hybridized carbons (Fsp3) is 0. The van der Waals surface area contributed by atoms with Crippen LogP contribution in [0.25, 0.3) is 0 Å². The first-order valence-corrected chi connectivity index (χ1v) is 7.16. The van der Waals surface area contributed by atoms with Crippen LogP contribution >= 0.6 is 0 Å². The monoisotopic (exact) mass is 325 g/mol. The van der Waals surface area contributed by atoms with Gasteiger partial charge >= 0.3 is 0 Å². The Labute approximate surface area is 137 Å². The molecule has 0 unspecified atom stereocenters. The van der Waals surface area contributed by atoms with E-state index in [-0.39, 0.29) is 17.5 Å². The molecule has 6 heteroatoms. The number of carbonyl (C=O) groups excluding carboxylic acids is 1. The Kier molecular flexibility index (Phi) is 4.47. The molecule has 1 heterocycles. The van der Waals surface area contributed by atoms with Gasteiger partial charge in [-0.3, -0.25) is 4.79 Å². The quantitative estimate of drug-likeness (QED) is 0.749. The molecule has 0 bridgehead atoms. The minimum absolute atomic E-state index is 0.311. The molecule has 3 rings (SSSR count). The minimum Gasteiger partial charge on any atom is -0.340 e. The number of anilines is 3. The Balaban J connectivity index is 1.81. The average molecular weight is 325 g/mol. The van der Waals surface area contributed by atoms with Gasteiger partial charge in [0.05, 0.1) is 5.56 Å². The summed E-state index contributed by atoms with van der Waals surface area (Å²) in [5.74, 6) is -0.785. The Morgan fingerprint density at radius 2 is 1.42 bits per heavy atom. The second kappa shape index (κ2) is 6.87. The van der Waals surface area contributed by atoms with E-state index in [2.05, 4.69) is 15.6 Å². The van der Waals surface area contributed by atoms with Crippen LogP contribution in [0, 0.1) is 11.6 Å². The van der Waals surface area contributed by atoms with Gasteiger partial charge < -0.3 is 10.6 Å². The molecule has 0 radical (unpaired) electrons. The van der Waals surface area contributed by atoms with Crippen molar-refractivity contribution in [3.63, 3.8) is 0 Å². The summed E-state index contributed by atoms with van der Waals surface area (Å²) in [4.78, 5) is 16.6. The summed E-state index contributed by atoms with van der Waals surface area (Å²) in [6.45, 7) is 0. The van der Waals surface area contributed by atoms with Crippen LogP contribution in [0.3, 0.4) is 0 Å². The van der Waals surface area contributed by atoms with Crippen LogP contribution in [0.4, 0.5) is 26.0 Å². The Morgan fingerprint density at radius 1 is 0.833 bits per heavy atom. The maximum absolute atomic E-state index is 13.0. The fourth-order valence-corrected chi connectivity index (χ4v) is 2.09. The van der Waals surface area contributed by atoms with Crippen molar-refractivity contribution in [2.45, 2.75) is 0 Å². The normalized spacial score (nSPS) is 10.2. The van der Waals surface area contributed by atoms with E-state index in [1.54, 1.807) is 30.5 Å². The molecule has 0 spiro atoms. The molecule has 4 nitrogen and oxygen atoms in total. The minimum atomic E-state index is -0.390. The Hall–Kier alpha value is -3.28. The molecule has 2 aromatic carbocycles. The largest absolute Gasteiger partial charge is 0.340 e. The highest BCUT2D eigenvalue weighted by Gasteiger charge is 2.13. The van der Waals surface area contributed by atoms with E-state index in [1.807, 2.05) is 0 Å². The summed E-state index contributed by atoms with van der Waals surface area (Å²) in [5, 5.41) is 5.65. The molecule has 3 aromatic rings. The molecule has 0 saturated carbocycles. The average Bonchev–Trinajstić information content (AvgIpc) is 2.59. The van der Waals surface area contributed by atoms with Crippen molar-refractivity contribution in [3.8, 4) is 0 Å². The topological polar surface area (TPSA) is 54.0 Å². The van der Waals surface area contributed by atoms with Gasteiger partial charge in [-0.2, -0.15) is 0 Å². The first-order chi connectivity index (χ1) is 11.6. The predicted molar refractivity (Wildman–Crippen MR) is 88.3 cm³/mol. The van der Waals surface area contributed by atoms with E-state index in [1.165, 1.54) is 36.4 Å². The number of hydrogen-bond acceptors (Lipinski definition) is 3. The van der Waals surface area contributed by atoms with E-state index in [0.29, 0.717) is 22.8 Å². The van der Waals surface area contributed by atoms with E-state index < -0.39 is 0 Å². The number of pyridine rings is 1. The van der Waals surface area contributed by atoms with Gasteiger partial charge in [-0.15, -0.1) is 0 Å². The molecule has 1 aromatic heterocycles. The van der Waals surface area contributed by atoms with Gasteiger partial charge in [0.15, 0.2) is 0 Å². The van der Waals surface area contributed by atoms with E-state index >= 15 is 0 Å². The lowest BCUT2D eigenvalue weighted by Gasteiger charge is -2.11. The number of hydrogen-bond donors (Lipinski definition) is 2.